The van der Waals surface area contributed by atoms with Crippen LogP contribution < -0.4 is 10.1 Å². The average Bonchev–Trinajstić information content (AvgIpc) is 2.46. The van der Waals surface area contributed by atoms with Crippen LogP contribution >= 0.6 is 0 Å². The molecule has 3 nitrogen and oxygen atoms in total. The van der Waals surface area contributed by atoms with Gasteiger partial charge < -0.3 is 15.2 Å². The van der Waals surface area contributed by atoms with E-state index in [2.05, 4.69) is 5.32 Å². The lowest BCUT2D eigenvalue weighted by Gasteiger charge is -2.36. The van der Waals surface area contributed by atoms with Gasteiger partial charge in [-0.2, -0.15) is 0 Å². The monoisotopic (exact) mass is 249 g/mol. The molecule has 1 aromatic rings. The highest BCUT2D eigenvalue weighted by atomic mass is 16.5. The van der Waals surface area contributed by atoms with Crippen LogP contribution in [0.25, 0.3) is 0 Å². The standard InChI is InChI=1S/C15H23NO2/c17-13-15(8-10-16-11-9-15)7-4-12-18-14-5-2-1-3-6-14/h1-3,5-6,16-17H,4,7-13H2. The fourth-order valence-electron chi connectivity index (χ4n) is 2.60. The number of hydrogen-bond donors (Lipinski definition) is 2. The highest BCUT2D eigenvalue weighted by Gasteiger charge is 2.30. The first kappa shape index (κ1) is 13.4. The molecule has 0 radical (unpaired) electrons. The van der Waals surface area contributed by atoms with Crippen molar-refractivity contribution in [1.29, 1.82) is 0 Å². The van der Waals surface area contributed by atoms with Gasteiger partial charge in [-0.05, 0) is 56.3 Å². The Labute approximate surface area is 109 Å². The van der Waals surface area contributed by atoms with Crippen molar-refractivity contribution in [2.75, 3.05) is 26.3 Å². The summed E-state index contributed by atoms with van der Waals surface area (Å²) in [6.45, 7) is 3.10. The second-order valence-electron chi connectivity index (χ2n) is 5.17. The largest absolute Gasteiger partial charge is 0.494 e. The van der Waals surface area contributed by atoms with E-state index in [1.807, 2.05) is 30.3 Å². The Hall–Kier alpha value is -1.06. The predicted molar refractivity (Wildman–Crippen MR) is 72.8 cm³/mol. The summed E-state index contributed by atoms with van der Waals surface area (Å²) < 4.78 is 5.69. The molecule has 0 atom stereocenters. The van der Waals surface area contributed by atoms with Crippen molar-refractivity contribution in [3.63, 3.8) is 0 Å². The second-order valence-corrected chi connectivity index (χ2v) is 5.17. The molecular weight excluding hydrogens is 226 g/mol. The van der Waals surface area contributed by atoms with Crippen molar-refractivity contribution in [2.45, 2.75) is 25.7 Å². The molecule has 0 aromatic heterocycles. The summed E-state index contributed by atoms with van der Waals surface area (Å²) in [5.74, 6) is 0.931. The van der Waals surface area contributed by atoms with Gasteiger partial charge in [0.25, 0.3) is 0 Å². The summed E-state index contributed by atoms with van der Waals surface area (Å²) in [4.78, 5) is 0. The van der Waals surface area contributed by atoms with Gasteiger partial charge in [-0.1, -0.05) is 18.2 Å². The van der Waals surface area contributed by atoms with Gasteiger partial charge in [0.1, 0.15) is 5.75 Å². The van der Waals surface area contributed by atoms with Gasteiger partial charge in [0.2, 0.25) is 0 Å². The summed E-state index contributed by atoms with van der Waals surface area (Å²) >= 11 is 0. The van der Waals surface area contributed by atoms with Gasteiger partial charge in [0.15, 0.2) is 0 Å². The molecule has 3 heteroatoms. The molecule has 0 spiro atoms. The first-order chi connectivity index (χ1) is 8.85. The van der Waals surface area contributed by atoms with Crippen molar-refractivity contribution >= 4 is 0 Å². The van der Waals surface area contributed by atoms with E-state index in [0.717, 1.165) is 51.1 Å². The average molecular weight is 249 g/mol. The molecule has 1 saturated heterocycles. The van der Waals surface area contributed by atoms with Crippen LogP contribution in [0.3, 0.4) is 0 Å². The van der Waals surface area contributed by atoms with E-state index < -0.39 is 0 Å². The quantitative estimate of drug-likeness (QED) is 0.760. The fourth-order valence-corrected chi connectivity index (χ4v) is 2.60. The highest BCUT2D eigenvalue weighted by molar-refractivity contribution is 5.20. The van der Waals surface area contributed by atoms with E-state index in [0.29, 0.717) is 6.61 Å². The Bertz CT molecular complexity index is 334. The maximum Gasteiger partial charge on any atom is 0.119 e. The van der Waals surface area contributed by atoms with E-state index in [4.69, 9.17) is 4.74 Å². The third-order valence-corrected chi connectivity index (χ3v) is 3.86. The Morgan fingerprint density at radius 1 is 1.17 bits per heavy atom. The van der Waals surface area contributed by atoms with Crippen LogP contribution in [0.1, 0.15) is 25.7 Å². The van der Waals surface area contributed by atoms with Crippen LogP contribution in [0.2, 0.25) is 0 Å². The number of piperidine rings is 1. The van der Waals surface area contributed by atoms with Gasteiger partial charge in [-0.15, -0.1) is 0 Å². The molecule has 0 unspecified atom stereocenters. The minimum absolute atomic E-state index is 0.130. The van der Waals surface area contributed by atoms with Crippen molar-refractivity contribution in [2.24, 2.45) is 5.41 Å². The first-order valence-corrected chi connectivity index (χ1v) is 6.84. The van der Waals surface area contributed by atoms with E-state index in [9.17, 15) is 5.11 Å². The molecule has 0 saturated carbocycles. The fraction of sp³-hybridized carbons (Fsp3) is 0.600. The van der Waals surface area contributed by atoms with Gasteiger partial charge in [-0.25, -0.2) is 0 Å². The van der Waals surface area contributed by atoms with Crippen LogP contribution in [0.4, 0.5) is 0 Å². The molecule has 100 valence electrons. The molecule has 18 heavy (non-hydrogen) atoms. The molecule has 1 aliphatic heterocycles. The minimum atomic E-state index is 0.130. The van der Waals surface area contributed by atoms with Gasteiger partial charge in [-0.3, -0.25) is 0 Å². The number of ether oxygens (including phenoxy) is 1. The SMILES string of the molecule is OCC1(CCCOc2ccccc2)CCNCC1. The number of nitrogens with one attached hydrogen (secondary N) is 1. The zero-order chi connectivity index (χ0) is 12.7. The lowest BCUT2D eigenvalue weighted by atomic mass is 9.76. The number of benzene rings is 1. The van der Waals surface area contributed by atoms with Gasteiger partial charge in [0, 0.05) is 6.61 Å². The molecule has 1 heterocycles. The van der Waals surface area contributed by atoms with E-state index in [1.54, 1.807) is 0 Å². The summed E-state index contributed by atoms with van der Waals surface area (Å²) in [5.41, 5.74) is 0.130. The molecule has 1 fully saturated rings. The van der Waals surface area contributed by atoms with Crippen LogP contribution in [-0.4, -0.2) is 31.4 Å². The number of aliphatic hydroxyl groups excluding tert-OH is 1. The summed E-state index contributed by atoms with van der Waals surface area (Å²) in [6, 6.07) is 9.91. The van der Waals surface area contributed by atoms with Crippen LogP contribution in [0.15, 0.2) is 30.3 Å². The smallest absolute Gasteiger partial charge is 0.119 e. The van der Waals surface area contributed by atoms with E-state index in [1.165, 1.54) is 0 Å². The molecule has 0 amide bonds. The zero-order valence-electron chi connectivity index (χ0n) is 10.9. The molecule has 2 rings (SSSR count). The molecule has 1 aromatic carbocycles. The summed E-state index contributed by atoms with van der Waals surface area (Å²) in [5, 5.41) is 12.9. The first-order valence-electron chi connectivity index (χ1n) is 6.84. The normalized spacial score (nSPS) is 18.5. The molecule has 0 bridgehead atoms. The second kappa shape index (κ2) is 6.76. The van der Waals surface area contributed by atoms with E-state index in [-0.39, 0.29) is 5.41 Å². The van der Waals surface area contributed by atoms with Crippen molar-refractivity contribution in [3.8, 4) is 5.75 Å². The van der Waals surface area contributed by atoms with Gasteiger partial charge in [0.05, 0.1) is 6.61 Å². The third-order valence-electron chi connectivity index (χ3n) is 3.86. The molecule has 0 aliphatic carbocycles. The van der Waals surface area contributed by atoms with Crippen molar-refractivity contribution in [1.82, 2.24) is 5.32 Å². The Kier molecular flexibility index (Phi) is 5.02. The van der Waals surface area contributed by atoms with E-state index >= 15 is 0 Å². The minimum Gasteiger partial charge on any atom is -0.494 e. The number of hydrogen-bond acceptors (Lipinski definition) is 3. The number of para-hydroxylation sites is 1. The van der Waals surface area contributed by atoms with Crippen LogP contribution in [-0.2, 0) is 0 Å². The number of rotatable bonds is 6. The summed E-state index contributed by atoms with van der Waals surface area (Å²) in [6.07, 6.45) is 4.22. The molecule has 2 N–H and O–H groups in total. The lowest BCUT2D eigenvalue weighted by Crippen LogP contribution is -2.39. The molecular formula is C15H23NO2. The number of aliphatic hydroxyl groups is 1. The Morgan fingerprint density at radius 3 is 2.56 bits per heavy atom. The lowest BCUT2D eigenvalue weighted by molar-refractivity contribution is 0.0737. The zero-order valence-corrected chi connectivity index (χ0v) is 10.9. The highest BCUT2D eigenvalue weighted by Crippen LogP contribution is 2.33. The van der Waals surface area contributed by atoms with Crippen LogP contribution in [0.5, 0.6) is 5.75 Å². The predicted octanol–water partition coefficient (Wildman–Crippen LogP) is 2.21. The summed E-state index contributed by atoms with van der Waals surface area (Å²) in [7, 11) is 0. The molecule has 1 aliphatic rings. The van der Waals surface area contributed by atoms with Crippen molar-refractivity contribution < 1.29 is 9.84 Å². The Morgan fingerprint density at radius 2 is 1.89 bits per heavy atom. The third kappa shape index (κ3) is 3.72. The van der Waals surface area contributed by atoms with Crippen LogP contribution in [0, 0.1) is 5.41 Å². The van der Waals surface area contributed by atoms with Gasteiger partial charge >= 0.3 is 0 Å². The Balaban J connectivity index is 1.71. The maximum absolute atomic E-state index is 9.59. The maximum atomic E-state index is 9.59. The topological polar surface area (TPSA) is 41.5 Å². The van der Waals surface area contributed by atoms with Crippen molar-refractivity contribution in [3.05, 3.63) is 30.3 Å².